The first-order valence-electron chi connectivity index (χ1n) is 9.16. The zero-order valence-electron chi connectivity index (χ0n) is 16.2. The molecule has 2 N–H and O–H groups in total. The summed E-state index contributed by atoms with van der Waals surface area (Å²) in [5.41, 5.74) is 0.340. The SMILES string of the molecule is CC(=O)c1ccc(S(=O)(=O)N2CCCCC2C(=O)NCC(=O)NCC(F)(F)F)cc1. The highest BCUT2D eigenvalue weighted by molar-refractivity contribution is 7.89. The molecule has 12 heteroatoms. The van der Waals surface area contributed by atoms with Crippen LogP contribution < -0.4 is 10.6 Å². The number of sulfonamides is 1. The molecule has 0 aromatic heterocycles. The lowest BCUT2D eigenvalue weighted by Gasteiger charge is -2.33. The molecule has 1 saturated heterocycles. The molecule has 1 aliphatic heterocycles. The first-order chi connectivity index (χ1) is 13.9. The highest BCUT2D eigenvalue weighted by atomic mass is 32.2. The van der Waals surface area contributed by atoms with Gasteiger partial charge in [0.1, 0.15) is 12.6 Å². The van der Waals surface area contributed by atoms with E-state index in [2.05, 4.69) is 5.32 Å². The zero-order chi connectivity index (χ0) is 22.5. The van der Waals surface area contributed by atoms with Gasteiger partial charge >= 0.3 is 6.18 Å². The molecule has 1 aliphatic rings. The van der Waals surface area contributed by atoms with Gasteiger partial charge in [0, 0.05) is 12.1 Å². The molecule has 8 nitrogen and oxygen atoms in total. The molecule has 0 bridgehead atoms. The number of benzene rings is 1. The van der Waals surface area contributed by atoms with Crippen LogP contribution in [-0.4, -0.2) is 62.2 Å². The summed E-state index contributed by atoms with van der Waals surface area (Å²) >= 11 is 0. The highest BCUT2D eigenvalue weighted by Gasteiger charge is 2.37. The first kappa shape index (κ1) is 23.8. The van der Waals surface area contributed by atoms with Crippen LogP contribution in [0.4, 0.5) is 13.2 Å². The molecule has 0 spiro atoms. The van der Waals surface area contributed by atoms with Crippen molar-refractivity contribution in [2.45, 2.75) is 43.3 Å². The average molecular weight is 449 g/mol. The largest absolute Gasteiger partial charge is 0.405 e. The fourth-order valence-corrected chi connectivity index (χ4v) is 4.65. The van der Waals surface area contributed by atoms with E-state index < -0.39 is 47.1 Å². The molecule has 1 aromatic carbocycles. The Morgan fingerprint density at radius 2 is 1.73 bits per heavy atom. The quantitative estimate of drug-likeness (QED) is 0.608. The summed E-state index contributed by atoms with van der Waals surface area (Å²) < 4.78 is 63.4. The predicted octanol–water partition coefficient (Wildman–Crippen LogP) is 1.23. The van der Waals surface area contributed by atoms with Gasteiger partial charge in [-0.1, -0.05) is 18.6 Å². The molecular weight excluding hydrogens is 427 g/mol. The van der Waals surface area contributed by atoms with Crippen LogP contribution in [0.5, 0.6) is 0 Å². The molecule has 2 rings (SSSR count). The molecule has 30 heavy (non-hydrogen) atoms. The molecule has 1 heterocycles. The van der Waals surface area contributed by atoms with Gasteiger partial charge in [0.05, 0.1) is 11.4 Å². The summed E-state index contributed by atoms with van der Waals surface area (Å²) in [4.78, 5) is 35.2. The second-order valence-electron chi connectivity index (χ2n) is 6.82. The molecule has 1 unspecified atom stereocenters. The minimum atomic E-state index is -4.58. The zero-order valence-corrected chi connectivity index (χ0v) is 17.0. The number of hydrogen-bond donors (Lipinski definition) is 2. The normalized spacial score (nSPS) is 17.9. The number of Topliss-reactive ketones (excluding diaryl/α,β-unsaturated/α-hetero) is 1. The summed E-state index contributed by atoms with van der Waals surface area (Å²) in [5.74, 6) is -2.02. The van der Waals surface area contributed by atoms with Gasteiger partial charge in [0.25, 0.3) is 0 Å². The molecule has 0 saturated carbocycles. The van der Waals surface area contributed by atoms with Crippen LogP contribution >= 0.6 is 0 Å². The fraction of sp³-hybridized carbons (Fsp3) is 0.500. The van der Waals surface area contributed by atoms with E-state index in [1.54, 1.807) is 5.32 Å². The summed E-state index contributed by atoms with van der Waals surface area (Å²) in [6.45, 7) is -0.803. The monoisotopic (exact) mass is 449 g/mol. The van der Waals surface area contributed by atoms with Crippen molar-refractivity contribution in [2.24, 2.45) is 0 Å². The van der Waals surface area contributed by atoms with Crippen LogP contribution in [0.1, 0.15) is 36.5 Å². The van der Waals surface area contributed by atoms with E-state index in [1.165, 1.54) is 31.2 Å². The second kappa shape index (κ2) is 9.56. The Morgan fingerprint density at radius 1 is 1.10 bits per heavy atom. The van der Waals surface area contributed by atoms with Gasteiger partial charge in [-0.3, -0.25) is 14.4 Å². The molecule has 2 amide bonds. The minimum absolute atomic E-state index is 0.0785. The van der Waals surface area contributed by atoms with Crippen molar-refractivity contribution in [3.63, 3.8) is 0 Å². The van der Waals surface area contributed by atoms with E-state index in [9.17, 15) is 36.0 Å². The molecule has 1 atom stereocenters. The third-order valence-electron chi connectivity index (χ3n) is 4.53. The standard InChI is InChI=1S/C18H22F3N3O5S/c1-12(25)13-5-7-14(8-6-13)30(28,29)24-9-3-2-4-15(24)17(27)22-10-16(26)23-11-18(19,20)21/h5-8,15H,2-4,9-11H2,1H3,(H,22,27)(H,23,26). The predicted molar refractivity (Wildman–Crippen MR) is 100 cm³/mol. The van der Waals surface area contributed by atoms with E-state index in [4.69, 9.17) is 0 Å². The van der Waals surface area contributed by atoms with Crippen molar-refractivity contribution in [3.8, 4) is 0 Å². The van der Waals surface area contributed by atoms with Crippen molar-refractivity contribution in [2.75, 3.05) is 19.6 Å². The molecule has 0 aliphatic carbocycles. The number of hydrogen-bond acceptors (Lipinski definition) is 5. The van der Waals surface area contributed by atoms with Gasteiger partial charge in [-0.05, 0) is 31.9 Å². The van der Waals surface area contributed by atoms with Crippen molar-refractivity contribution in [1.29, 1.82) is 0 Å². The lowest BCUT2D eigenvalue weighted by molar-refractivity contribution is -0.138. The number of alkyl halides is 3. The maximum Gasteiger partial charge on any atom is 0.405 e. The lowest BCUT2D eigenvalue weighted by atomic mass is 10.0. The number of nitrogens with one attached hydrogen (secondary N) is 2. The van der Waals surface area contributed by atoms with Crippen LogP contribution in [0.2, 0.25) is 0 Å². The Hall–Kier alpha value is -2.47. The minimum Gasteiger partial charge on any atom is -0.346 e. The van der Waals surface area contributed by atoms with Gasteiger partial charge < -0.3 is 10.6 Å². The Labute approximate surface area is 171 Å². The maximum absolute atomic E-state index is 13.0. The maximum atomic E-state index is 13.0. The number of carbonyl (C=O) groups is 3. The number of halogens is 3. The number of nitrogens with zero attached hydrogens (tertiary/aromatic N) is 1. The lowest BCUT2D eigenvalue weighted by Crippen LogP contribution is -2.53. The van der Waals surface area contributed by atoms with E-state index in [0.29, 0.717) is 18.4 Å². The van der Waals surface area contributed by atoms with Crippen molar-refractivity contribution in [1.82, 2.24) is 14.9 Å². The van der Waals surface area contributed by atoms with E-state index in [0.717, 1.165) is 4.31 Å². The van der Waals surface area contributed by atoms with Gasteiger partial charge in [-0.2, -0.15) is 17.5 Å². The number of carbonyl (C=O) groups excluding carboxylic acids is 3. The summed E-state index contributed by atoms with van der Waals surface area (Å²) in [5, 5.41) is 3.82. The number of rotatable bonds is 7. The Morgan fingerprint density at radius 3 is 2.30 bits per heavy atom. The van der Waals surface area contributed by atoms with E-state index in [1.807, 2.05) is 0 Å². The van der Waals surface area contributed by atoms with Crippen LogP contribution in [0, 0.1) is 0 Å². The summed E-state index contributed by atoms with van der Waals surface area (Å²) in [6, 6.07) is 4.21. The van der Waals surface area contributed by atoms with Crippen LogP contribution in [0.3, 0.4) is 0 Å². The Balaban J connectivity index is 2.08. The van der Waals surface area contributed by atoms with Crippen LogP contribution in [0.15, 0.2) is 29.2 Å². The number of amides is 2. The van der Waals surface area contributed by atoms with Gasteiger partial charge in [-0.15, -0.1) is 0 Å². The first-order valence-corrected chi connectivity index (χ1v) is 10.6. The van der Waals surface area contributed by atoms with E-state index >= 15 is 0 Å². The smallest absolute Gasteiger partial charge is 0.346 e. The molecular formula is C18H22F3N3O5S. The molecule has 1 aromatic rings. The van der Waals surface area contributed by atoms with Crippen molar-refractivity contribution in [3.05, 3.63) is 29.8 Å². The third-order valence-corrected chi connectivity index (χ3v) is 6.46. The topological polar surface area (TPSA) is 113 Å². The van der Waals surface area contributed by atoms with Gasteiger partial charge in [0.2, 0.25) is 21.8 Å². The van der Waals surface area contributed by atoms with Gasteiger partial charge in [0.15, 0.2) is 5.78 Å². The van der Waals surface area contributed by atoms with Crippen LogP contribution in [0.25, 0.3) is 0 Å². The van der Waals surface area contributed by atoms with E-state index in [-0.39, 0.29) is 23.6 Å². The van der Waals surface area contributed by atoms with Crippen molar-refractivity contribution >= 4 is 27.6 Å². The molecule has 1 fully saturated rings. The summed E-state index contributed by atoms with van der Waals surface area (Å²) in [7, 11) is -4.05. The van der Waals surface area contributed by atoms with Gasteiger partial charge in [-0.25, -0.2) is 8.42 Å². The third kappa shape index (κ3) is 6.26. The fourth-order valence-electron chi connectivity index (χ4n) is 3.00. The van der Waals surface area contributed by atoms with Crippen molar-refractivity contribution < 1.29 is 36.0 Å². The van der Waals surface area contributed by atoms with Crippen LogP contribution in [-0.2, 0) is 19.6 Å². The second-order valence-corrected chi connectivity index (χ2v) is 8.71. The average Bonchev–Trinajstić information content (AvgIpc) is 2.70. The Bertz CT molecular complexity index is 901. The number of piperidine rings is 1. The number of ketones is 1. The summed E-state index contributed by atoms with van der Waals surface area (Å²) in [6.07, 6.45) is -3.26. The molecule has 0 radical (unpaired) electrons. The molecule has 166 valence electrons. The highest BCUT2D eigenvalue weighted by Crippen LogP contribution is 2.26. The Kier molecular flexibility index (Phi) is 7.59.